The Balaban J connectivity index is 1.79. The van der Waals surface area contributed by atoms with E-state index in [-0.39, 0.29) is 6.10 Å². The van der Waals surface area contributed by atoms with Crippen LogP contribution in [0.4, 0.5) is 0 Å². The third-order valence-corrected chi connectivity index (χ3v) is 3.88. The van der Waals surface area contributed by atoms with Crippen molar-refractivity contribution >= 4 is 0 Å². The Hall–Kier alpha value is -1.06. The summed E-state index contributed by atoms with van der Waals surface area (Å²) in [5, 5.41) is 3.59. The molecule has 1 aliphatic rings. The molecule has 1 fully saturated rings. The van der Waals surface area contributed by atoms with Crippen molar-refractivity contribution in [2.75, 3.05) is 19.6 Å². The monoisotopic (exact) mass is 276 g/mol. The average molecular weight is 276 g/mol. The van der Waals surface area contributed by atoms with Gasteiger partial charge in [0.15, 0.2) is 0 Å². The van der Waals surface area contributed by atoms with Crippen LogP contribution in [-0.2, 0) is 6.54 Å². The van der Waals surface area contributed by atoms with Gasteiger partial charge < -0.3 is 10.1 Å². The molecular formula is C17H28N2O. The van der Waals surface area contributed by atoms with Gasteiger partial charge in [-0.25, -0.2) is 0 Å². The third kappa shape index (κ3) is 4.50. The number of likely N-dealkylation sites (N-methyl/N-ethyl adjacent to an activating group) is 1. The van der Waals surface area contributed by atoms with Crippen molar-refractivity contribution in [2.24, 2.45) is 0 Å². The zero-order valence-electron chi connectivity index (χ0n) is 13.1. The molecule has 0 amide bonds. The zero-order valence-corrected chi connectivity index (χ0v) is 13.1. The average Bonchev–Trinajstić information content (AvgIpc) is 2.86. The number of nitrogens with zero attached hydrogens (tertiary/aromatic N) is 1. The van der Waals surface area contributed by atoms with E-state index < -0.39 is 0 Å². The lowest BCUT2D eigenvalue weighted by Gasteiger charge is -2.23. The number of nitrogens with one attached hydrogen (secondary N) is 1. The van der Waals surface area contributed by atoms with E-state index in [1.54, 1.807) is 0 Å². The van der Waals surface area contributed by atoms with Crippen molar-refractivity contribution < 1.29 is 4.74 Å². The van der Waals surface area contributed by atoms with E-state index in [1.165, 1.54) is 31.5 Å². The van der Waals surface area contributed by atoms with Crippen LogP contribution in [0.1, 0.15) is 39.2 Å². The first kappa shape index (κ1) is 15.3. The third-order valence-electron chi connectivity index (χ3n) is 3.88. The number of ether oxygens (including phenoxy) is 1. The van der Waals surface area contributed by atoms with Gasteiger partial charge in [0.1, 0.15) is 5.75 Å². The molecule has 0 aromatic heterocycles. The summed E-state index contributed by atoms with van der Waals surface area (Å²) in [6.07, 6.45) is 2.91. The molecule has 0 saturated carbocycles. The van der Waals surface area contributed by atoms with Gasteiger partial charge in [0, 0.05) is 19.1 Å². The predicted molar refractivity (Wildman–Crippen MR) is 84.2 cm³/mol. The van der Waals surface area contributed by atoms with Crippen LogP contribution in [0.3, 0.4) is 0 Å². The lowest BCUT2D eigenvalue weighted by Crippen LogP contribution is -2.37. The quantitative estimate of drug-likeness (QED) is 0.828. The SMILES string of the molecule is CCN1CCCC1CNCc1cccc(OC(C)C)c1. The van der Waals surface area contributed by atoms with Crippen LogP contribution in [0.25, 0.3) is 0 Å². The number of likely N-dealkylation sites (tertiary alicyclic amines) is 1. The Bertz CT molecular complexity index is 406. The summed E-state index contributed by atoms with van der Waals surface area (Å²) in [4.78, 5) is 2.57. The Morgan fingerprint density at radius 3 is 3.00 bits per heavy atom. The van der Waals surface area contributed by atoms with E-state index in [4.69, 9.17) is 4.74 Å². The van der Waals surface area contributed by atoms with Crippen LogP contribution in [0.2, 0.25) is 0 Å². The molecule has 0 spiro atoms. The first-order valence-electron chi connectivity index (χ1n) is 7.89. The van der Waals surface area contributed by atoms with E-state index >= 15 is 0 Å². The molecule has 1 heterocycles. The second kappa shape index (κ2) is 7.65. The molecule has 1 atom stereocenters. The van der Waals surface area contributed by atoms with E-state index in [9.17, 15) is 0 Å². The molecule has 112 valence electrons. The van der Waals surface area contributed by atoms with Crippen molar-refractivity contribution in [2.45, 2.75) is 52.3 Å². The summed E-state index contributed by atoms with van der Waals surface area (Å²) in [5.74, 6) is 0.968. The first-order valence-corrected chi connectivity index (χ1v) is 7.89. The standard InChI is InChI=1S/C17H28N2O/c1-4-19-10-6-8-16(19)13-18-12-15-7-5-9-17(11-15)20-14(2)3/h5,7,9,11,14,16,18H,4,6,8,10,12-13H2,1-3H3. The number of rotatable bonds is 7. The van der Waals surface area contributed by atoms with Gasteiger partial charge in [-0.15, -0.1) is 0 Å². The number of benzene rings is 1. The summed E-state index contributed by atoms with van der Waals surface area (Å²) in [5.41, 5.74) is 1.30. The van der Waals surface area contributed by atoms with Crippen molar-refractivity contribution in [1.82, 2.24) is 10.2 Å². The molecule has 0 radical (unpaired) electrons. The fraction of sp³-hybridized carbons (Fsp3) is 0.647. The van der Waals surface area contributed by atoms with Gasteiger partial charge in [0.2, 0.25) is 0 Å². The minimum Gasteiger partial charge on any atom is -0.491 e. The summed E-state index contributed by atoms with van der Waals surface area (Å²) < 4.78 is 5.73. The van der Waals surface area contributed by atoms with E-state index in [2.05, 4.69) is 49.2 Å². The highest BCUT2D eigenvalue weighted by Crippen LogP contribution is 2.17. The minimum atomic E-state index is 0.231. The highest BCUT2D eigenvalue weighted by Gasteiger charge is 2.21. The Labute approximate surface area is 123 Å². The molecule has 1 N–H and O–H groups in total. The molecule has 1 saturated heterocycles. The van der Waals surface area contributed by atoms with Crippen LogP contribution < -0.4 is 10.1 Å². The summed E-state index contributed by atoms with van der Waals surface area (Å²) >= 11 is 0. The molecule has 1 aliphatic heterocycles. The number of hydrogen-bond acceptors (Lipinski definition) is 3. The fourth-order valence-corrected chi connectivity index (χ4v) is 2.93. The van der Waals surface area contributed by atoms with Crippen LogP contribution >= 0.6 is 0 Å². The molecule has 2 rings (SSSR count). The maximum atomic E-state index is 5.73. The minimum absolute atomic E-state index is 0.231. The summed E-state index contributed by atoms with van der Waals surface area (Å²) in [7, 11) is 0. The Morgan fingerprint density at radius 1 is 1.40 bits per heavy atom. The highest BCUT2D eigenvalue weighted by molar-refractivity contribution is 5.28. The normalized spacial score (nSPS) is 19.7. The first-order chi connectivity index (χ1) is 9.69. The second-order valence-electron chi connectivity index (χ2n) is 5.87. The highest BCUT2D eigenvalue weighted by atomic mass is 16.5. The van der Waals surface area contributed by atoms with Crippen molar-refractivity contribution in [1.29, 1.82) is 0 Å². The molecule has 0 aliphatic carbocycles. The maximum Gasteiger partial charge on any atom is 0.120 e. The van der Waals surface area contributed by atoms with Gasteiger partial charge in [-0.05, 0) is 57.5 Å². The van der Waals surface area contributed by atoms with Crippen LogP contribution in [0.15, 0.2) is 24.3 Å². The van der Waals surface area contributed by atoms with Gasteiger partial charge in [-0.2, -0.15) is 0 Å². The molecule has 3 heteroatoms. The smallest absolute Gasteiger partial charge is 0.120 e. The lowest BCUT2D eigenvalue weighted by molar-refractivity contribution is 0.242. The van der Waals surface area contributed by atoms with Crippen LogP contribution in [0, 0.1) is 0 Å². The molecule has 1 aromatic carbocycles. The van der Waals surface area contributed by atoms with E-state index in [0.717, 1.165) is 24.9 Å². The van der Waals surface area contributed by atoms with Crippen LogP contribution in [-0.4, -0.2) is 36.7 Å². The fourth-order valence-electron chi connectivity index (χ4n) is 2.93. The van der Waals surface area contributed by atoms with E-state index in [1.807, 2.05) is 6.07 Å². The topological polar surface area (TPSA) is 24.5 Å². The summed E-state index contributed by atoms with van der Waals surface area (Å²) in [6, 6.07) is 9.11. The second-order valence-corrected chi connectivity index (χ2v) is 5.87. The lowest BCUT2D eigenvalue weighted by atomic mass is 10.2. The maximum absolute atomic E-state index is 5.73. The van der Waals surface area contributed by atoms with Gasteiger partial charge in [0.05, 0.1) is 6.10 Å². The molecule has 20 heavy (non-hydrogen) atoms. The van der Waals surface area contributed by atoms with Crippen molar-refractivity contribution in [3.05, 3.63) is 29.8 Å². The molecular weight excluding hydrogens is 248 g/mol. The van der Waals surface area contributed by atoms with Gasteiger partial charge in [-0.1, -0.05) is 19.1 Å². The molecule has 0 bridgehead atoms. The van der Waals surface area contributed by atoms with Crippen molar-refractivity contribution in [3.63, 3.8) is 0 Å². The van der Waals surface area contributed by atoms with Gasteiger partial charge in [0.25, 0.3) is 0 Å². The zero-order chi connectivity index (χ0) is 14.4. The molecule has 3 nitrogen and oxygen atoms in total. The summed E-state index contributed by atoms with van der Waals surface area (Å²) in [6.45, 7) is 10.8. The van der Waals surface area contributed by atoms with Crippen LogP contribution in [0.5, 0.6) is 5.75 Å². The van der Waals surface area contributed by atoms with E-state index in [0.29, 0.717) is 0 Å². The molecule has 1 unspecified atom stereocenters. The predicted octanol–water partition coefficient (Wildman–Crippen LogP) is 3.05. The Kier molecular flexibility index (Phi) is 5.86. The van der Waals surface area contributed by atoms with Gasteiger partial charge >= 0.3 is 0 Å². The van der Waals surface area contributed by atoms with Crippen molar-refractivity contribution in [3.8, 4) is 5.75 Å². The molecule has 1 aromatic rings. The number of hydrogen-bond donors (Lipinski definition) is 1. The van der Waals surface area contributed by atoms with Gasteiger partial charge in [-0.3, -0.25) is 4.90 Å². The Morgan fingerprint density at radius 2 is 2.25 bits per heavy atom. The largest absolute Gasteiger partial charge is 0.491 e.